The lowest BCUT2D eigenvalue weighted by Crippen LogP contribution is -2.32. The molecular formula is C21H20FN7O2. The predicted octanol–water partition coefficient (Wildman–Crippen LogP) is 3.29. The number of amides is 1. The number of halogens is 1. The van der Waals surface area contributed by atoms with E-state index in [1.165, 1.54) is 16.8 Å². The Labute approximate surface area is 177 Å². The van der Waals surface area contributed by atoms with E-state index in [1.54, 1.807) is 43.6 Å². The van der Waals surface area contributed by atoms with Crippen LogP contribution in [0.3, 0.4) is 0 Å². The molecule has 3 heterocycles. The van der Waals surface area contributed by atoms with Crippen molar-refractivity contribution in [1.82, 2.24) is 35.4 Å². The van der Waals surface area contributed by atoms with Crippen molar-refractivity contribution in [2.24, 2.45) is 5.92 Å². The fourth-order valence-corrected chi connectivity index (χ4v) is 3.07. The van der Waals surface area contributed by atoms with E-state index in [9.17, 15) is 9.18 Å². The summed E-state index contributed by atoms with van der Waals surface area (Å²) >= 11 is 0. The Morgan fingerprint density at radius 1 is 1.13 bits per heavy atom. The molecule has 10 heteroatoms. The first-order valence-corrected chi connectivity index (χ1v) is 9.67. The molecule has 0 aliphatic rings. The highest BCUT2D eigenvalue weighted by Gasteiger charge is 2.27. The van der Waals surface area contributed by atoms with Crippen LogP contribution in [0.2, 0.25) is 0 Å². The number of aromatic nitrogens is 6. The number of rotatable bonds is 6. The van der Waals surface area contributed by atoms with Gasteiger partial charge in [-0.3, -0.25) is 9.78 Å². The van der Waals surface area contributed by atoms with Crippen molar-refractivity contribution in [1.29, 1.82) is 0 Å². The normalized spacial score (nSPS) is 12.2. The Morgan fingerprint density at radius 3 is 2.52 bits per heavy atom. The zero-order valence-corrected chi connectivity index (χ0v) is 17.2. The third-order valence-corrected chi connectivity index (χ3v) is 4.78. The van der Waals surface area contributed by atoms with Gasteiger partial charge in [-0.05, 0) is 49.2 Å². The first-order valence-electron chi connectivity index (χ1n) is 9.67. The highest BCUT2D eigenvalue weighted by molar-refractivity contribution is 5.93. The molecule has 3 aromatic heterocycles. The van der Waals surface area contributed by atoms with Crippen molar-refractivity contribution in [2.45, 2.75) is 26.8 Å². The molecule has 0 saturated carbocycles. The minimum Gasteiger partial charge on any atom is -0.339 e. The van der Waals surface area contributed by atoms with Crippen molar-refractivity contribution in [3.8, 4) is 17.1 Å². The van der Waals surface area contributed by atoms with Gasteiger partial charge in [0.05, 0.1) is 11.4 Å². The van der Waals surface area contributed by atoms with Crippen LogP contribution < -0.4 is 5.32 Å². The van der Waals surface area contributed by atoms with Gasteiger partial charge in [-0.25, -0.2) is 9.07 Å². The van der Waals surface area contributed by atoms with Crippen molar-refractivity contribution < 1.29 is 13.7 Å². The first-order chi connectivity index (χ1) is 14.9. The summed E-state index contributed by atoms with van der Waals surface area (Å²) in [6, 6.07) is 8.79. The molecule has 1 aromatic carbocycles. The van der Waals surface area contributed by atoms with Gasteiger partial charge >= 0.3 is 0 Å². The summed E-state index contributed by atoms with van der Waals surface area (Å²) in [6.07, 6.45) is 3.28. The molecule has 9 nitrogen and oxygen atoms in total. The highest BCUT2D eigenvalue weighted by Crippen LogP contribution is 2.24. The van der Waals surface area contributed by atoms with Crippen LogP contribution in [0, 0.1) is 18.7 Å². The van der Waals surface area contributed by atoms with Gasteiger partial charge < -0.3 is 9.84 Å². The summed E-state index contributed by atoms with van der Waals surface area (Å²) in [5.41, 5.74) is 2.04. The van der Waals surface area contributed by atoms with E-state index in [-0.39, 0.29) is 17.4 Å². The fourth-order valence-electron chi connectivity index (χ4n) is 3.07. The fraction of sp³-hybridized carbons (Fsp3) is 0.238. The average Bonchev–Trinajstić information content (AvgIpc) is 3.40. The Bertz CT molecular complexity index is 1190. The molecule has 0 radical (unpaired) electrons. The van der Waals surface area contributed by atoms with Crippen LogP contribution in [-0.4, -0.2) is 36.0 Å². The van der Waals surface area contributed by atoms with Crippen molar-refractivity contribution in [3.63, 3.8) is 0 Å². The molecule has 0 spiro atoms. The minimum atomic E-state index is -0.522. The molecule has 31 heavy (non-hydrogen) atoms. The minimum absolute atomic E-state index is 0.0258. The molecule has 0 fully saturated rings. The zero-order valence-electron chi connectivity index (χ0n) is 17.2. The Morgan fingerprint density at radius 2 is 1.84 bits per heavy atom. The van der Waals surface area contributed by atoms with E-state index in [0.29, 0.717) is 23.1 Å². The largest absolute Gasteiger partial charge is 0.339 e. The summed E-state index contributed by atoms with van der Waals surface area (Å²) in [7, 11) is 0. The Balaban J connectivity index is 1.56. The van der Waals surface area contributed by atoms with Gasteiger partial charge in [-0.1, -0.05) is 24.2 Å². The SMILES string of the molecule is Cc1c(C(=O)NC(c2nc(-c3ccncc3)no2)C(C)C)nnn1-c1ccc(F)cc1. The van der Waals surface area contributed by atoms with Crippen LogP contribution in [0.15, 0.2) is 53.3 Å². The summed E-state index contributed by atoms with van der Waals surface area (Å²) < 4.78 is 20.1. The molecule has 1 atom stereocenters. The van der Waals surface area contributed by atoms with E-state index in [0.717, 1.165) is 5.56 Å². The van der Waals surface area contributed by atoms with Gasteiger partial charge in [0, 0.05) is 18.0 Å². The third kappa shape index (κ3) is 4.18. The molecule has 1 amide bonds. The lowest BCUT2D eigenvalue weighted by Gasteiger charge is -2.18. The van der Waals surface area contributed by atoms with Gasteiger partial charge in [-0.2, -0.15) is 4.98 Å². The summed E-state index contributed by atoms with van der Waals surface area (Å²) in [5, 5.41) is 15.0. The number of nitrogens with zero attached hydrogens (tertiary/aromatic N) is 6. The number of carbonyl (C=O) groups excluding carboxylic acids is 1. The summed E-state index contributed by atoms with van der Waals surface area (Å²) in [4.78, 5) is 21.4. The van der Waals surface area contributed by atoms with Crippen LogP contribution in [0.5, 0.6) is 0 Å². The second-order valence-corrected chi connectivity index (χ2v) is 7.30. The van der Waals surface area contributed by atoms with Crippen LogP contribution in [0.1, 0.15) is 42.0 Å². The van der Waals surface area contributed by atoms with Crippen LogP contribution >= 0.6 is 0 Å². The molecule has 0 saturated heterocycles. The first kappa shape index (κ1) is 20.3. The molecule has 158 valence electrons. The summed E-state index contributed by atoms with van der Waals surface area (Å²) in [5.74, 6) is -0.102. The van der Waals surface area contributed by atoms with Gasteiger partial charge in [0.2, 0.25) is 11.7 Å². The predicted molar refractivity (Wildman–Crippen MR) is 109 cm³/mol. The number of pyridine rings is 1. The molecule has 1 N–H and O–H groups in total. The molecule has 4 aromatic rings. The smallest absolute Gasteiger partial charge is 0.274 e. The maximum atomic E-state index is 13.2. The monoisotopic (exact) mass is 421 g/mol. The molecular weight excluding hydrogens is 401 g/mol. The van der Waals surface area contributed by atoms with Crippen molar-refractivity contribution in [2.75, 3.05) is 0 Å². The number of carbonyl (C=O) groups is 1. The van der Waals surface area contributed by atoms with Gasteiger partial charge in [-0.15, -0.1) is 5.10 Å². The Kier molecular flexibility index (Phi) is 5.52. The highest BCUT2D eigenvalue weighted by atomic mass is 19.1. The lowest BCUT2D eigenvalue weighted by atomic mass is 10.0. The molecule has 0 aliphatic heterocycles. The molecule has 1 unspecified atom stereocenters. The van der Waals surface area contributed by atoms with Crippen LogP contribution in [0.4, 0.5) is 4.39 Å². The van der Waals surface area contributed by atoms with E-state index >= 15 is 0 Å². The van der Waals surface area contributed by atoms with Gasteiger partial charge in [0.15, 0.2) is 5.69 Å². The van der Waals surface area contributed by atoms with Crippen molar-refractivity contribution >= 4 is 5.91 Å². The number of nitrogens with one attached hydrogen (secondary N) is 1. The van der Waals surface area contributed by atoms with Gasteiger partial charge in [0.25, 0.3) is 5.91 Å². The quantitative estimate of drug-likeness (QED) is 0.508. The summed E-state index contributed by atoms with van der Waals surface area (Å²) in [6.45, 7) is 5.59. The van der Waals surface area contributed by atoms with E-state index in [4.69, 9.17) is 4.52 Å². The zero-order chi connectivity index (χ0) is 22.0. The maximum Gasteiger partial charge on any atom is 0.274 e. The van der Waals surface area contributed by atoms with E-state index < -0.39 is 11.9 Å². The lowest BCUT2D eigenvalue weighted by molar-refractivity contribution is 0.0908. The van der Waals surface area contributed by atoms with E-state index in [1.807, 2.05) is 13.8 Å². The van der Waals surface area contributed by atoms with Crippen LogP contribution in [-0.2, 0) is 0 Å². The second-order valence-electron chi connectivity index (χ2n) is 7.30. The number of hydrogen-bond acceptors (Lipinski definition) is 7. The second kappa shape index (κ2) is 8.42. The topological polar surface area (TPSA) is 112 Å². The third-order valence-electron chi connectivity index (χ3n) is 4.78. The number of benzene rings is 1. The molecule has 0 bridgehead atoms. The van der Waals surface area contributed by atoms with Crippen LogP contribution in [0.25, 0.3) is 17.1 Å². The Hall–Kier alpha value is -3.95. The van der Waals surface area contributed by atoms with Gasteiger partial charge in [0.1, 0.15) is 11.9 Å². The average molecular weight is 421 g/mol. The molecule has 4 rings (SSSR count). The van der Waals surface area contributed by atoms with Crippen molar-refractivity contribution in [3.05, 3.63) is 71.9 Å². The van der Waals surface area contributed by atoms with E-state index in [2.05, 4.69) is 30.8 Å². The molecule has 0 aliphatic carbocycles. The number of hydrogen-bond donors (Lipinski definition) is 1. The standard InChI is InChI=1S/C21H20FN7O2/c1-12(2)17(21-25-19(27-31-21)14-8-10-23-11-9-14)24-20(30)18-13(3)29(28-26-18)16-6-4-15(22)5-7-16/h4-12,17H,1-3H3,(H,24,30). The maximum absolute atomic E-state index is 13.2.